The third kappa shape index (κ3) is 11.1. The Morgan fingerprint density at radius 3 is 1.92 bits per heavy atom. The molecule has 5 nitrogen and oxygen atoms in total. The number of unbranched alkanes of at least 4 members (excludes halogenated alkanes) is 10. The molecule has 2 aromatic carbocycles. The molecule has 0 N–H and O–H groups in total. The lowest BCUT2D eigenvalue weighted by Gasteiger charge is -2.27. The second-order valence-corrected chi connectivity index (χ2v) is 10.8. The van der Waals surface area contributed by atoms with Crippen molar-refractivity contribution in [1.82, 2.24) is 0 Å². The molecule has 0 unspecified atom stereocenters. The predicted octanol–water partition coefficient (Wildman–Crippen LogP) is 9.07. The first-order valence-electron chi connectivity index (χ1n) is 15.4. The van der Waals surface area contributed by atoms with Gasteiger partial charge in [0.1, 0.15) is 11.9 Å². The monoisotopic (exact) mass is 536 g/mol. The molecule has 0 spiro atoms. The highest BCUT2D eigenvalue weighted by Crippen LogP contribution is 2.25. The normalized spacial score (nSPS) is 17.0. The van der Waals surface area contributed by atoms with Gasteiger partial charge in [-0.2, -0.15) is 0 Å². The zero-order valence-corrected chi connectivity index (χ0v) is 24.1. The van der Waals surface area contributed by atoms with Crippen LogP contribution in [0.4, 0.5) is 0 Å². The molecule has 39 heavy (non-hydrogen) atoms. The van der Waals surface area contributed by atoms with E-state index in [4.69, 9.17) is 14.2 Å². The molecule has 0 bridgehead atoms. The van der Waals surface area contributed by atoms with Gasteiger partial charge in [0.05, 0.1) is 12.2 Å². The lowest BCUT2D eigenvalue weighted by molar-refractivity contribution is -0.167. The van der Waals surface area contributed by atoms with Gasteiger partial charge in [0, 0.05) is 0 Å². The quantitative estimate of drug-likeness (QED) is 0.140. The molecule has 0 amide bonds. The second-order valence-electron chi connectivity index (χ2n) is 10.8. The van der Waals surface area contributed by atoms with E-state index in [-0.39, 0.29) is 6.10 Å². The van der Waals surface area contributed by atoms with Crippen LogP contribution in [0.5, 0.6) is 5.75 Å². The summed E-state index contributed by atoms with van der Waals surface area (Å²) in [6.45, 7) is 5.18. The van der Waals surface area contributed by atoms with Crippen LogP contribution >= 0.6 is 0 Å². The maximum Gasteiger partial charge on any atom is 0.347 e. The fourth-order valence-electron chi connectivity index (χ4n) is 5.03. The molecule has 3 rings (SSSR count). The second kappa shape index (κ2) is 17.7. The van der Waals surface area contributed by atoms with E-state index in [2.05, 4.69) is 13.8 Å². The van der Waals surface area contributed by atoms with Gasteiger partial charge >= 0.3 is 11.9 Å². The summed E-state index contributed by atoms with van der Waals surface area (Å²) in [6.07, 6.45) is 16.2. The van der Waals surface area contributed by atoms with E-state index in [1.807, 2.05) is 36.4 Å². The van der Waals surface area contributed by atoms with E-state index >= 15 is 0 Å². The zero-order valence-electron chi connectivity index (χ0n) is 24.1. The van der Waals surface area contributed by atoms with Crippen LogP contribution in [-0.2, 0) is 14.3 Å². The van der Waals surface area contributed by atoms with Gasteiger partial charge in [-0.05, 0) is 67.5 Å². The summed E-state index contributed by atoms with van der Waals surface area (Å²) in [5.41, 5.74) is 2.48. The van der Waals surface area contributed by atoms with E-state index in [0.717, 1.165) is 55.6 Å². The summed E-state index contributed by atoms with van der Waals surface area (Å²) < 4.78 is 16.9. The molecule has 1 saturated heterocycles. The number of ether oxygens (including phenoxy) is 3. The van der Waals surface area contributed by atoms with Crippen LogP contribution in [0.25, 0.3) is 11.1 Å². The van der Waals surface area contributed by atoms with Crippen LogP contribution in [0.3, 0.4) is 0 Å². The highest BCUT2D eigenvalue weighted by molar-refractivity contribution is 5.92. The van der Waals surface area contributed by atoms with Crippen LogP contribution in [0, 0.1) is 0 Å². The smallest absolute Gasteiger partial charge is 0.347 e. The van der Waals surface area contributed by atoms with Crippen molar-refractivity contribution in [3.05, 3.63) is 54.1 Å². The topological polar surface area (TPSA) is 61.8 Å². The van der Waals surface area contributed by atoms with E-state index < -0.39 is 18.0 Å². The molecule has 0 aromatic heterocycles. The highest BCUT2D eigenvalue weighted by Gasteiger charge is 2.33. The van der Waals surface area contributed by atoms with Crippen molar-refractivity contribution < 1.29 is 23.8 Å². The van der Waals surface area contributed by atoms with E-state index in [0.29, 0.717) is 12.0 Å². The van der Waals surface area contributed by atoms with Crippen molar-refractivity contribution in [2.45, 2.75) is 122 Å². The Hall–Kier alpha value is -2.82. The van der Waals surface area contributed by atoms with Crippen LogP contribution in [0.2, 0.25) is 0 Å². The van der Waals surface area contributed by atoms with Crippen molar-refractivity contribution in [3.8, 4) is 16.9 Å². The van der Waals surface area contributed by atoms with E-state index in [9.17, 15) is 9.59 Å². The van der Waals surface area contributed by atoms with Crippen molar-refractivity contribution in [1.29, 1.82) is 0 Å². The average Bonchev–Trinajstić information content (AvgIpc) is 2.96. The number of esters is 2. The fourth-order valence-corrected chi connectivity index (χ4v) is 5.03. The summed E-state index contributed by atoms with van der Waals surface area (Å²) in [6, 6.07) is 15.4. The van der Waals surface area contributed by atoms with Gasteiger partial charge in [0.25, 0.3) is 0 Å². The number of benzene rings is 2. The molecule has 0 aliphatic carbocycles. The molecule has 2 aromatic rings. The number of carbonyl (C=O) groups excluding carboxylic acids is 2. The molecule has 1 aliphatic heterocycles. The van der Waals surface area contributed by atoms with Crippen LogP contribution in [0.15, 0.2) is 48.5 Å². The fraction of sp³-hybridized carbons (Fsp3) is 0.588. The lowest BCUT2D eigenvalue weighted by atomic mass is 10.0. The minimum Gasteiger partial charge on any atom is -0.494 e. The Balaban J connectivity index is 1.37. The first-order chi connectivity index (χ1) is 19.1. The molecule has 0 radical (unpaired) electrons. The first kappa shape index (κ1) is 30.7. The SMILES string of the molecule is CCCCCCCCCCOc1ccc(-c2ccc(C(=O)O[C@@H]3CC[C@H](CCCCCC)OC3=O)cc2)cc1. The molecule has 2 atom stereocenters. The van der Waals surface area contributed by atoms with Crippen molar-refractivity contribution in [3.63, 3.8) is 0 Å². The predicted molar refractivity (Wildman–Crippen MR) is 157 cm³/mol. The molecule has 1 heterocycles. The maximum atomic E-state index is 12.7. The van der Waals surface area contributed by atoms with Gasteiger partial charge in [0.2, 0.25) is 0 Å². The number of hydrogen-bond acceptors (Lipinski definition) is 5. The molecular formula is C34H48O5. The summed E-state index contributed by atoms with van der Waals surface area (Å²) in [4.78, 5) is 25.0. The van der Waals surface area contributed by atoms with Gasteiger partial charge in [-0.25, -0.2) is 9.59 Å². The minimum absolute atomic E-state index is 0.0505. The van der Waals surface area contributed by atoms with Gasteiger partial charge < -0.3 is 14.2 Å². The van der Waals surface area contributed by atoms with Crippen molar-refractivity contribution in [2.24, 2.45) is 0 Å². The van der Waals surface area contributed by atoms with Crippen LogP contribution < -0.4 is 4.74 Å². The summed E-state index contributed by atoms with van der Waals surface area (Å²) >= 11 is 0. The summed E-state index contributed by atoms with van der Waals surface area (Å²) in [7, 11) is 0. The molecule has 1 aliphatic rings. The summed E-state index contributed by atoms with van der Waals surface area (Å²) in [5, 5.41) is 0. The van der Waals surface area contributed by atoms with Gasteiger partial charge in [-0.15, -0.1) is 0 Å². The minimum atomic E-state index is -0.817. The Kier molecular flexibility index (Phi) is 13.9. The number of hydrogen-bond donors (Lipinski definition) is 0. The molecule has 1 fully saturated rings. The first-order valence-corrected chi connectivity index (χ1v) is 15.4. The van der Waals surface area contributed by atoms with Crippen molar-refractivity contribution >= 4 is 11.9 Å². The Bertz CT molecular complexity index is 966. The van der Waals surface area contributed by atoms with Gasteiger partial charge in [-0.3, -0.25) is 0 Å². The van der Waals surface area contributed by atoms with Gasteiger partial charge in [-0.1, -0.05) is 102 Å². The third-order valence-electron chi connectivity index (χ3n) is 7.50. The zero-order chi connectivity index (χ0) is 27.7. The third-order valence-corrected chi connectivity index (χ3v) is 7.50. The standard InChI is InChI=1S/C34H48O5/c1-3-5-7-9-10-11-12-14-26-37-30-22-20-28(21-23-30)27-16-18-29(19-17-27)33(35)39-32-25-24-31(38-34(32)36)15-13-8-6-4-2/h16-23,31-32H,3-15,24-26H2,1-2H3/t31-,32+/m0/s1. The Morgan fingerprint density at radius 1 is 0.744 bits per heavy atom. The summed E-state index contributed by atoms with van der Waals surface area (Å²) in [5.74, 6) is -0.0320. The molecular weight excluding hydrogens is 488 g/mol. The molecule has 0 saturated carbocycles. The Labute approximate surface area is 235 Å². The largest absolute Gasteiger partial charge is 0.494 e. The van der Waals surface area contributed by atoms with Crippen LogP contribution in [0.1, 0.15) is 121 Å². The number of carbonyl (C=O) groups is 2. The molecule has 5 heteroatoms. The van der Waals surface area contributed by atoms with Crippen molar-refractivity contribution in [2.75, 3.05) is 6.61 Å². The average molecular weight is 537 g/mol. The highest BCUT2D eigenvalue weighted by atomic mass is 16.6. The van der Waals surface area contributed by atoms with E-state index in [1.165, 1.54) is 57.8 Å². The van der Waals surface area contributed by atoms with E-state index in [1.54, 1.807) is 12.1 Å². The van der Waals surface area contributed by atoms with Crippen LogP contribution in [-0.4, -0.2) is 30.8 Å². The van der Waals surface area contributed by atoms with Gasteiger partial charge in [0.15, 0.2) is 6.10 Å². The Morgan fingerprint density at radius 2 is 1.31 bits per heavy atom. The number of cyclic esters (lactones) is 1. The molecule has 214 valence electrons. The number of rotatable bonds is 18. The maximum absolute atomic E-state index is 12.7. The lowest BCUT2D eigenvalue weighted by Crippen LogP contribution is -2.37.